The molecule has 0 saturated carbocycles. The zero-order valence-corrected chi connectivity index (χ0v) is 14.0. The molecule has 1 aromatic rings. The van der Waals surface area contributed by atoms with E-state index >= 15 is 0 Å². The molecule has 0 N–H and O–H groups in total. The molecular weight excluding hydrogens is 288 g/mol. The Morgan fingerprint density at radius 2 is 1.96 bits per heavy atom. The molecule has 1 spiro atoms. The topological polar surface area (TPSA) is 32.8 Å². The molecule has 4 rings (SSSR count). The molecule has 1 aromatic carbocycles. The molecule has 1 atom stereocenters. The molecule has 124 valence electrons. The summed E-state index contributed by atoms with van der Waals surface area (Å²) in [7, 11) is 0. The fraction of sp³-hybridized carbons (Fsp3) is 0.632. The Bertz CT molecular complexity index is 597. The predicted octanol–water partition coefficient (Wildman–Crippen LogP) is 2.60. The minimum absolute atomic E-state index is 0.164. The summed E-state index contributed by atoms with van der Waals surface area (Å²) in [6.45, 7) is 6.98. The molecule has 0 aromatic heterocycles. The van der Waals surface area contributed by atoms with Crippen molar-refractivity contribution in [2.24, 2.45) is 5.41 Å². The number of amides is 1. The van der Waals surface area contributed by atoms with Gasteiger partial charge in [0, 0.05) is 49.9 Å². The molecule has 1 amide bonds. The van der Waals surface area contributed by atoms with E-state index < -0.39 is 0 Å². The molecular formula is C19H26N2O2. The lowest BCUT2D eigenvalue weighted by Crippen LogP contribution is -2.40. The lowest BCUT2D eigenvalue weighted by molar-refractivity contribution is -0.117. The van der Waals surface area contributed by atoms with Gasteiger partial charge in [-0.3, -0.25) is 9.69 Å². The Labute approximate surface area is 138 Å². The summed E-state index contributed by atoms with van der Waals surface area (Å²) >= 11 is 0. The second-order valence-corrected chi connectivity index (χ2v) is 7.51. The monoisotopic (exact) mass is 314 g/mol. The first kappa shape index (κ1) is 15.2. The number of hydrogen-bond donors (Lipinski definition) is 0. The first-order valence-electron chi connectivity index (χ1n) is 8.85. The van der Waals surface area contributed by atoms with Gasteiger partial charge in [0.25, 0.3) is 0 Å². The zero-order valence-electron chi connectivity index (χ0n) is 14.0. The van der Waals surface area contributed by atoms with Gasteiger partial charge >= 0.3 is 0 Å². The van der Waals surface area contributed by atoms with Crippen LogP contribution in [-0.4, -0.2) is 49.7 Å². The molecule has 3 aliphatic heterocycles. The Hall–Kier alpha value is -1.39. The standard InChI is InChI=1S/C19H26N2O2/c1-15-4-2-3-5-17(15)21-14-19(12-18(21)22)8-9-20(13-19)16-6-10-23-11-7-16/h2-5,16H,6-14H2,1H3/t19-/m0/s1. The highest BCUT2D eigenvalue weighted by atomic mass is 16.5. The van der Waals surface area contributed by atoms with Gasteiger partial charge in [-0.05, 0) is 44.4 Å². The highest BCUT2D eigenvalue weighted by Gasteiger charge is 2.49. The Balaban J connectivity index is 1.49. The van der Waals surface area contributed by atoms with Crippen LogP contribution in [0, 0.1) is 12.3 Å². The maximum atomic E-state index is 12.7. The number of nitrogens with zero attached hydrogens (tertiary/aromatic N) is 2. The number of aryl methyl sites for hydroxylation is 1. The molecule has 3 heterocycles. The van der Waals surface area contributed by atoms with Crippen LogP contribution in [0.5, 0.6) is 0 Å². The summed E-state index contributed by atoms with van der Waals surface area (Å²) in [4.78, 5) is 17.3. The molecule has 4 heteroatoms. The summed E-state index contributed by atoms with van der Waals surface area (Å²) < 4.78 is 5.49. The van der Waals surface area contributed by atoms with E-state index in [4.69, 9.17) is 4.74 Å². The van der Waals surface area contributed by atoms with Gasteiger partial charge in [0.15, 0.2) is 0 Å². The van der Waals surface area contributed by atoms with E-state index in [1.807, 2.05) is 17.0 Å². The highest BCUT2D eigenvalue weighted by molar-refractivity contribution is 5.97. The molecule has 3 fully saturated rings. The van der Waals surface area contributed by atoms with Crippen molar-refractivity contribution < 1.29 is 9.53 Å². The molecule has 0 bridgehead atoms. The molecule has 3 aliphatic rings. The van der Waals surface area contributed by atoms with Gasteiger partial charge in [0.2, 0.25) is 5.91 Å². The summed E-state index contributed by atoms with van der Waals surface area (Å²) in [6.07, 6.45) is 4.15. The lowest BCUT2D eigenvalue weighted by Gasteiger charge is -2.32. The third-order valence-corrected chi connectivity index (χ3v) is 5.90. The predicted molar refractivity (Wildman–Crippen MR) is 90.6 cm³/mol. The van der Waals surface area contributed by atoms with Gasteiger partial charge in [0.05, 0.1) is 0 Å². The van der Waals surface area contributed by atoms with Crippen molar-refractivity contribution in [2.45, 2.75) is 38.6 Å². The summed E-state index contributed by atoms with van der Waals surface area (Å²) in [5.74, 6) is 0.299. The summed E-state index contributed by atoms with van der Waals surface area (Å²) in [5.41, 5.74) is 2.45. The molecule has 0 radical (unpaired) electrons. The van der Waals surface area contributed by atoms with Crippen molar-refractivity contribution in [3.8, 4) is 0 Å². The van der Waals surface area contributed by atoms with Crippen molar-refractivity contribution in [3.05, 3.63) is 29.8 Å². The normalized spacial score (nSPS) is 29.8. The maximum absolute atomic E-state index is 12.7. The average Bonchev–Trinajstić information content (AvgIpc) is 3.12. The highest BCUT2D eigenvalue weighted by Crippen LogP contribution is 2.43. The van der Waals surface area contributed by atoms with Crippen LogP contribution in [-0.2, 0) is 9.53 Å². The number of rotatable bonds is 2. The SMILES string of the molecule is Cc1ccccc1N1C[C@@]2(CCN(C3CCOCC3)C2)CC1=O. The van der Waals surface area contributed by atoms with Gasteiger partial charge < -0.3 is 9.64 Å². The largest absolute Gasteiger partial charge is 0.381 e. The minimum atomic E-state index is 0.164. The summed E-state index contributed by atoms with van der Waals surface area (Å²) in [5, 5.41) is 0. The Morgan fingerprint density at radius 1 is 1.17 bits per heavy atom. The van der Waals surface area contributed by atoms with E-state index in [-0.39, 0.29) is 5.41 Å². The third-order valence-electron chi connectivity index (χ3n) is 5.90. The van der Waals surface area contributed by atoms with Crippen LogP contribution in [0.1, 0.15) is 31.2 Å². The van der Waals surface area contributed by atoms with Crippen LogP contribution in [0.15, 0.2) is 24.3 Å². The smallest absolute Gasteiger partial charge is 0.227 e. The van der Waals surface area contributed by atoms with Crippen molar-refractivity contribution >= 4 is 11.6 Å². The Morgan fingerprint density at radius 3 is 2.74 bits per heavy atom. The number of hydrogen-bond acceptors (Lipinski definition) is 3. The van der Waals surface area contributed by atoms with Crippen LogP contribution < -0.4 is 4.90 Å². The number of carbonyl (C=O) groups is 1. The van der Waals surface area contributed by atoms with Crippen molar-refractivity contribution in [1.82, 2.24) is 4.90 Å². The second kappa shape index (κ2) is 5.91. The summed E-state index contributed by atoms with van der Waals surface area (Å²) in [6, 6.07) is 8.90. The first-order chi connectivity index (χ1) is 11.2. The molecule has 0 unspecified atom stereocenters. The van der Waals surface area contributed by atoms with Crippen LogP contribution in [0.2, 0.25) is 0 Å². The van der Waals surface area contributed by atoms with Gasteiger partial charge in [0.1, 0.15) is 0 Å². The zero-order chi connectivity index (χ0) is 15.9. The lowest BCUT2D eigenvalue weighted by atomic mass is 9.86. The van der Waals surface area contributed by atoms with Crippen LogP contribution in [0.4, 0.5) is 5.69 Å². The van der Waals surface area contributed by atoms with E-state index in [1.54, 1.807) is 0 Å². The fourth-order valence-electron chi connectivity index (χ4n) is 4.59. The number of benzene rings is 1. The number of para-hydroxylation sites is 1. The van der Waals surface area contributed by atoms with Crippen LogP contribution in [0.3, 0.4) is 0 Å². The first-order valence-corrected chi connectivity index (χ1v) is 8.85. The van der Waals surface area contributed by atoms with Gasteiger partial charge in [-0.25, -0.2) is 0 Å². The Kier molecular flexibility index (Phi) is 3.90. The molecule has 0 aliphatic carbocycles. The van der Waals surface area contributed by atoms with E-state index in [0.717, 1.165) is 57.8 Å². The number of anilines is 1. The number of likely N-dealkylation sites (tertiary alicyclic amines) is 1. The third kappa shape index (κ3) is 2.79. The molecule has 4 nitrogen and oxygen atoms in total. The van der Waals surface area contributed by atoms with Crippen molar-refractivity contribution in [1.29, 1.82) is 0 Å². The van der Waals surface area contributed by atoms with Crippen molar-refractivity contribution in [3.63, 3.8) is 0 Å². The van der Waals surface area contributed by atoms with E-state index in [1.165, 1.54) is 5.56 Å². The van der Waals surface area contributed by atoms with Crippen LogP contribution >= 0.6 is 0 Å². The molecule has 23 heavy (non-hydrogen) atoms. The van der Waals surface area contributed by atoms with E-state index in [0.29, 0.717) is 18.4 Å². The quantitative estimate of drug-likeness (QED) is 0.841. The van der Waals surface area contributed by atoms with Gasteiger partial charge in [-0.2, -0.15) is 0 Å². The van der Waals surface area contributed by atoms with E-state index in [9.17, 15) is 4.79 Å². The van der Waals surface area contributed by atoms with E-state index in [2.05, 4.69) is 24.0 Å². The van der Waals surface area contributed by atoms with Crippen molar-refractivity contribution in [2.75, 3.05) is 37.7 Å². The average molecular weight is 314 g/mol. The molecule has 3 saturated heterocycles. The van der Waals surface area contributed by atoms with Crippen LogP contribution in [0.25, 0.3) is 0 Å². The maximum Gasteiger partial charge on any atom is 0.227 e. The fourth-order valence-corrected chi connectivity index (χ4v) is 4.59. The number of ether oxygens (including phenoxy) is 1. The second-order valence-electron chi connectivity index (χ2n) is 7.51. The number of carbonyl (C=O) groups excluding carboxylic acids is 1. The van der Waals surface area contributed by atoms with Gasteiger partial charge in [-0.1, -0.05) is 18.2 Å². The van der Waals surface area contributed by atoms with Gasteiger partial charge in [-0.15, -0.1) is 0 Å². The minimum Gasteiger partial charge on any atom is -0.381 e.